The van der Waals surface area contributed by atoms with Crippen LogP contribution in [-0.2, 0) is 11.3 Å². The molecular weight excluding hydrogens is 498 g/mol. The summed E-state index contributed by atoms with van der Waals surface area (Å²) in [5, 5.41) is 5.50. The van der Waals surface area contributed by atoms with E-state index in [1.54, 1.807) is 28.2 Å². The van der Waals surface area contributed by atoms with Gasteiger partial charge in [-0.3, -0.25) is 4.90 Å². The molecule has 1 N–H and O–H groups in total. The quantitative estimate of drug-likeness (QED) is 0.301. The van der Waals surface area contributed by atoms with E-state index in [0.29, 0.717) is 12.5 Å². The number of hydrogen-bond donors (Lipinski definition) is 1. The first-order chi connectivity index (χ1) is 18.1. The van der Waals surface area contributed by atoms with E-state index in [9.17, 15) is 4.79 Å². The molecule has 3 aromatic rings. The molecule has 1 aliphatic heterocycles. The zero-order valence-electron chi connectivity index (χ0n) is 22.1. The minimum atomic E-state index is -0.227. The lowest BCUT2D eigenvalue weighted by atomic mass is 9.75. The molecule has 1 fully saturated rings. The van der Waals surface area contributed by atoms with Crippen molar-refractivity contribution in [3.05, 3.63) is 62.9 Å². The zero-order valence-corrected chi connectivity index (χ0v) is 23.7. The Balaban J connectivity index is 1.46. The zero-order chi connectivity index (χ0) is 25.8. The number of nitrogens with one attached hydrogen (secondary N) is 1. The van der Waals surface area contributed by atoms with Crippen molar-refractivity contribution in [1.82, 2.24) is 9.88 Å². The summed E-state index contributed by atoms with van der Waals surface area (Å²) in [5.74, 6) is 1.22. The molecule has 0 radical (unpaired) electrons. The molecule has 0 amide bonds. The number of ether oxygens (including phenoxy) is 1. The van der Waals surface area contributed by atoms with Crippen molar-refractivity contribution in [3.63, 3.8) is 0 Å². The number of benzene rings is 1. The van der Waals surface area contributed by atoms with E-state index in [1.807, 2.05) is 5.51 Å². The lowest BCUT2D eigenvalue weighted by molar-refractivity contribution is 0.0606. The number of nitrogens with zero attached hydrogens (tertiary/aromatic N) is 2. The monoisotopic (exact) mass is 535 g/mol. The number of methoxy groups -OCH3 is 1. The number of hydrogen-bond acceptors (Lipinski definition) is 7. The third-order valence-electron chi connectivity index (χ3n) is 7.97. The molecule has 2 aromatic heterocycles. The molecule has 0 saturated heterocycles. The molecule has 0 bridgehead atoms. The fourth-order valence-corrected chi connectivity index (χ4v) is 7.35. The maximum Gasteiger partial charge on any atom is 0.348 e. The van der Waals surface area contributed by atoms with E-state index in [-0.39, 0.29) is 5.97 Å². The molecule has 0 atom stereocenters. The van der Waals surface area contributed by atoms with Gasteiger partial charge in [-0.15, -0.1) is 22.7 Å². The van der Waals surface area contributed by atoms with Gasteiger partial charge in [0.2, 0.25) is 0 Å². The van der Waals surface area contributed by atoms with Crippen molar-refractivity contribution in [3.8, 4) is 10.4 Å². The van der Waals surface area contributed by atoms with Crippen molar-refractivity contribution in [2.45, 2.75) is 52.5 Å². The van der Waals surface area contributed by atoms with E-state index in [1.165, 1.54) is 38.4 Å². The van der Waals surface area contributed by atoms with Crippen molar-refractivity contribution in [2.24, 2.45) is 11.8 Å². The summed E-state index contributed by atoms with van der Waals surface area (Å²) in [7, 11) is 1.49. The Morgan fingerprint density at radius 1 is 1.19 bits per heavy atom. The summed E-state index contributed by atoms with van der Waals surface area (Å²) < 4.78 is 5.26. The number of thiophene rings is 1. The fourth-order valence-electron chi connectivity index (χ4n) is 5.68. The molecule has 5 nitrogen and oxygen atoms in total. The van der Waals surface area contributed by atoms with Crippen LogP contribution in [0.3, 0.4) is 0 Å². The molecule has 0 spiro atoms. The van der Waals surface area contributed by atoms with Crippen LogP contribution >= 0.6 is 22.7 Å². The summed E-state index contributed by atoms with van der Waals surface area (Å²) >= 11 is 3.17. The predicted octanol–water partition coefficient (Wildman–Crippen LogP) is 7.58. The van der Waals surface area contributed by atoms with Gasteiger partial charge in [0.25, 0.3) is 0 Å². The lowest BCUT2D eigenvalue weighted by Crippen LogP contribution is -2.34. The molecule has 3 heterocycles. The normalized spacial score (nSPS) is 20.7. The summed E-state index contributed by atoms with van der Waals surface area (Å²) in [6, 6.07) is 10.7. The van der Waals surface area contributed by atoms with Crippen LogP contribution in [-0.4, -0.2) is 42.6 Å². The first kappa shape index (κ1) is 26.1. The van der Waals surface area contributed by atoms with Crippen LogP contribution < -0.4 is 5.32 Å². The maximum atomic E-state index is 13.0. The van der Waals surface area contributed by atoms with Crippen LogP contribution in [0.4, 0.5) is 5.69 Å². The number of esters is 1. The SMILES string of the molecule is CCN1CCC(c2cc(-c3ccc(NCc4cscn4)cc3)sc2C(=O)OC)=C(C2CCC(C)CC2)C1. The molecule has 7 heteroatoms. The van der Waals surface area contributed by atoms with E-state index in [0.717, 1.165) is 64.2 Å². The van der Waals surface area contributed by atoms with Crippen molar-refractivity contribution < 1.29 is 9.53 Å². The van der Waals surface area contributed by atoms with Crippen molar-refractivity contribution >= 4 is 39.9 Å². The van der Waals surface area contributed by atoms with Gasteiger partial charge < -0.3 is 10.1 Å². The molecular formula is C30H37N3O2S2. The van der Waals surface area contributed by atoms with E-state index >= 15 is 0 Å². The number of thiazole rings is 1. The highest BCUT2D eigenvalue weighted by Crippen LogP contribution is 2.43. The van der Waals surface area contributed by atoms with Gasteiger partial charge in [-0.25, -0.2) is 9.78 Å². The largest absolute Gasteiger partial charge is 0.465 e. The molecule has 37 heavy (non-hydrogen) atoms. The second-order valence-electron chi connectivity index (χ2n) is 10.3. The van der Waals surface area contributed by atoms with Gasteiger partial charge in [-0.2, -0.15) is 0 Å². The van der Waals surface area contributed by atoms with Gasteiger partial charge in [0.1, 0.15) is 4.88 Å². The Kier molecular flexibility index (Phi) is 8.43. The number of likely N-dealkylation sites (N-methyl/N-ethyl adjacent to an activating group) is 1. The van der Waals surface area contributed by atoms with Crippen molar-refractivity contribution in [1.29, 1.82) is 0 Å². The highest BCUT2D eigenvalue weighted by Gasteiger charge is 2.31. The number of anilines is 1. The number of carbonyl (C=O) groups excluding carboxylic acids is 1. The van der Waals surface area contributed by atoms with Gasteiger partial charge in [-0.05, 0) is 72.6 Å². The average molecular weight is 536 g/mol. The first-order valence-electron chi connectivity index (χ1n) is 13.4. The molecule has 1 aliphatic carbocycles. The third-order valence-corrected chi connectivity index (χ3v) is 9.77. The van der Waals surface area contributed by atoms with E-state index in [2.05, 4.69) is 64.8 Å². The average Bonchev–Trinajstić information content (AvgIpc) is 3.62. The second-order valence-corrected chi connectivity index (χ2v) is 12.1. The molecule has 196 valence electrons. The minimum Gasteiger partial charge on any atom is -0.465 e. The van der Waals surface area contributed by atoms with Gasteiger partial charge in [0.05, 0.1) is 24.9 Å². The van der Waals surface area contributed by atoms with E-state index in [4.69, 9.17) is 4.74 Å². The summed E-state index contributed by atoms with van der Waals surface area (Å²) in [6.07, 6.45) is 6.12. The predicted molar refractivity (Wildman–Crippen MR) is 155 cm³/mol. The Hall–Kier alpha value is -2.48. The van der Waals surface area contributed by atoms with Crippen LogP contribution in [0.25, 0.3) is 16.0 Å². The highest BCUT2D eigenvalue weighted by molar-refractivity contribution is 7.17. The summed E-state index contributed by atoms with van der Waals surface area (Å²) in [4.78, 5) is 21.7. The Bertz CT molecular complexity index is 1220. The number of aromatic nitrogens is 1. The van der Waals surface area contributed by atoms with Crippen LogP contribution in [0.5, 0.6) is 0 Å². The van der Waals surface area contributed by atoms with Gasteiger partial charge in [-0.1, -0.05) is 38.8 Å². The summed E-state index contributed by atoms with van der Waals surface area (Å²) in [5.41, 5.74) is 9.15. The molecule has 2 aliphatic rings. The fraction of sp³-hybridized carbons (Fsp3) is 0.467. The standard InChI is InChI=1S/C30H37N3O2S2/c1-4-33-14-13-25(27(17-33)21-7-5-20(2)6-8-21)26-15-28(37-29(26)30(34)35-3)22-9-11-23(12-10-22)31-16-24-18-36-19-32-24/h9-12,15,18-21,31H,4-8,13-14,16-17H2,1-3H3. The van der Waals surface area contributed by atoms with Crippen LogP contribution in [0.1, 0.15) is 66.9 Å². The smallest absolute Gasteiger partial charge is 0.348 e. The first-order valence-corrected chi connectivity index (χ1v) is 15.2. The summed E-state index contributed by atoms with van der Waals surface area (Å²) in [6.45, 7) is 8.49. The third kappa shape index (κ3) is 6.00. The van der Waals surface area contributed by atoms with Crippen molar-refractivity contribution in [2.75, 3.05) is 32.1 Å². The molecule has 5 rings (SSSR count). The topological polar surface area (TPSA) is 54.5 Å². The van der Waals surface area contributed by atoms with Gasteiger partial charge in [0.15, 0.2) is 0 Å². The number of rotatable bonds is 8. The molecule has 1 saturated carbocycles. The maximum absolute atomic E-state index is 13.0. The van der Waals surface area contributed by atoms with E-state index < -0.39 is 0 Å². The lowest BCUT2D eigenvalue weighted by Gasteiger charge is -2.37. The van der Waals surface area contributed by atoms with Gasteiger partial charge in [0, 0.05) is 34.6 Å². The minimum absolute atomic E-state index is 0.227. The number of carbonyl (C=O) groups is 1. The Morgan fingerprint density at radius 3 is 2.65 bits per heavy atom. The molecule has 0 unspecified atom stereocenters. The van der Waals surface area contributed by atoms with Crippen LogP contribution in [0.2, 0.25) is 0 Å². The van der Waals surface area contributed by atoms with Gasteiger partial charge >= 0.3 is 5.97 Å². The van der Waals surface area contributed by atoms with Crippen LogP contribution in [0.15, 0.2) is 46.8 Å². The molecule has 1 aromatic carbocycles. The Morgan fingerprint density at radius 2 is 1.97 bits per heavy atom. The Labute approximate surface area is 228 Å². The highest BCUT2D eigenvalue weighted by atomic mass is 32.1. The van der Waals surface area contributed by atoms with Crippen LogP contribution in [0, 0.1) is 11.8 Å². The second kappa shape index (κ2) is 11.9.